The van der Waals surface area contributed by atoms with E-state index in [-0.39, 0.29) is 5.54 Å². The van der Waals surface area contributed by atoms with Crippen LogP contribution in [0.2, 0.25) is 0 Å². The van der Waals surface area contributed by atoms with Gasteiger partial charge in [0, 0.05) is 17.9 Å². The zero-order chi connectivity index (χ0) is 11.6. The average Bonchev–Trinajstić information content (AvgIpc) is 2.30. The molecule has 0 unspecified atom stereocenters. The summed E-state index contributed by atoms with van der Waals surface area (Å²) in [6, 6.07) is 2.19. The molecular formula is C14H22N2. The fourth-order valence-electron chi connectivity index (χ4n) is 2.72. The molecule has 0 aromatic carbocycles. The molecule has 0 radical (unpaired) electrons. The molecule has 1 fully saturated rings. The highest BCUT2D eigenvalue weighted by Gasteiger charge is 2.32. The van der Waals surface area contributed by atoms with Crippen LogP contribution in [0, 0.1) is 12.8 Å². The van der Waals surface area contributed by atoms with Gasteiger partial charge in [0.2, 0.25) is 0 Å². The third kappa shape index (κ3) is 2.27. The number of hydrogen-bond donors (Lipinski definition) is 1. The van der Waals surface area contributed by atoms with Gasteiger partial charge < -0.3 is 5.73 Å². The smallest absolute Gasteiger partial charge is 0.0425 e. The Bertz CT molecular complexity index is 352. The van der Waals surface area contributed by atoms with Gasteiger partial charge in [0.25, 0.3) is 0 Å². The topological polar surface area (TPSA) is 38.9 Å². The summed E-state index contributed by atoms with van der Waals surface area (Å²) in [5, 5.41) is 0. The Morgan fingerprint density at radius 2 is 2.06 bits per heavy atom. The summed E-state index contributed by atoms with van der Waals surface area (Å²) >= 11 is 0. The minimum Gasteiger partial charge on any atom is -0.321 e. The predicted octanol–water partition coefficient (Wildman–Crippen LogP) is 3.14. The van der Waals surface area contributed by atoms with Gasteiger partial charge in [0.15, 0.2) is 0 Å². The molecule has 2 N–H and O–H groups in total. The van der Waals surface area contributed by atoms with Crippen LogP contribution in [0.15, 0.2) is 18.5 Å². The zero-order valence-electron chi connectivity index (χ0n) is 10.4. The molecule has 0 atom stereocenters. The summed E-state index contributed by atoms with van der Waals surface area (Å²) in [5.74, 6) is 0.884. The lowest BCUT2D eigenvalue weighted by Gasteiger charge is -2.37. The molecule has 1 aliphatic carbocycles. The van der Waals surface area contributed by atoms with Gasteiger partial charge in [-0.25, -0.2) is 0 Å². The van der Waals surface area contributed by atoms with E-state index in [1.807, 2.05) is 12.4 Å². The largest absolute Gasteiger partial charge is 0.321 e. The van der Waals surface area contributed by atoms with Gasteiger partial charge in [-0.1, -0.05) is 19.4 Å². The van der Waals surface area contributed by atoms with Crippen LogP contribution >= 0.6 is 0 Å². The lowest BCUT2D eigenvalue weighted by Crippen LogP contribution is -2.40. The van der Waals surface area contributed by atoms with E-state index in [1.54, 1.807) is 0 Å². The minimum absolute atomic E-state index is 0.120. The van der Waals surface area contributed by atoms with Crippen molar-refractivity contribution in [3.63, 3.8) is 0 Å². The predicted molar refractivity (Wildman–Crippen MR) is 67.1 cm³/mol. The highest BCUT2D eigenvalue weighted by atomic mass is 14.8. The molecule has 16 heavy (non-hydrogen) atoms. The van der Waals surface area contributed by atoms with E-state index in [0.29, 0.717) is 0 Å². The van der Waals surface area contributed by atoms with Crippen LogP contribution in [0.4, 0.5) is 0 Å². The van der Waals surface area contributed by atoms with Crippen LogP contribution in [0.25, 0.3) is 0 Å². The van der Waals surface area contributed by atoms with Crippen molar-refractivity contribution in [2.24, 2.45) is 11.7 Å². The summed E-state index contributed by atoms with van der Waals surface area (Å²) < 4.78 is 0. The van der Waals surface area contributed by atoms with Gasteiger partial charge >= 0.3 is 0 Å². The molecule has 0 amide bonds. The zero-order valence-corrected chi connectivity index (χ0v) is 10.4. The second-order valence-corrected chi connectivity index (χ2v) is 5.26. The highest BCUT2D eigenvalue weighted by Crippen LogP contribution is 2.38. The summed E-state index contributed by atoms with van der Waals surface area (Å²) in [6.45, 7) is 4.36. The van der Waals surface area contributed by atoms with E-state index in [2.05, 4.69) is 24.9 Å². The van der Waals surface area contributed by atoms with E-state index in [0.717, 1.165) is 18.8 Å². The second kappa shape index (κ2) is 4.54. The first-order chi connectivity index (χ1) is 7.64. The number of nitrogens with two attached hydrogens (primary N) is 1. The molecule has 2 heteroatoms. The fraction of sp³-hybridized carbons (Fsp3) is 0.643. The maximum Gasteiger partial charge on any atom is 0.0425 e. The van der Waals surface area contributed by atoms with Crippen molar-refractivity contribution in [3.05, 3.63) is 29.6 Å². The summed E-state index contributed by atoms with van der Waals surface area (Å²) in [5.41, 5.74) is 8.84. The van der Waals surface area contributed by atoms with Crippen LogP contribution in [0.1, 0.15) is 50.2 Å². The number of hydrogen-bond acceptors (Lipinski definition) is 2. The quantitative estimate of drug-likeness (QED) is 0.828. The molecule has 2 nitrogen and oxygen atoms in total. The fourth-order valence-corrected chi connectivity index (χ4v) is 2.72. The molecule has 2 rings (SSSR count). The van der Waals surface area contributed by atoms with Gasteiger partial charge in [-0.2, -0.15) is 0 Å². The molecule has 0 saturated heterocycles. The maximum atomic E-state index is 6.53. The SMILES string of the molecule is CCC1CCC(N)(c2cncc(C)c2)CC1. The molecule has 88 valence electrons. The normalized spacial score (nSPS) is 30.3. The average molecular weight is 218 g/mol. The first kappa shape index (κ1) is 11.6. The van der Waals surface area contributed by atoms with Crippen LogP contribution in [-0.4, -0.2) is 4.98 Å². The first-order valence-corrected chi connectivity index (χ1v) is 6.35. The number of aromatic nitrogens is 1. The number of nitrogens with zero attached hydrogens (tertiary/aromatic N) is 1. The molecule has 1 heterocycles. The van der Waals surface area contributed by atoms with Gasteiger partial charge in [0.05, 0.1) is 0 Å². The standard InChI is InChI=1S/C14H22N2/c1-3-12-4-6-14(15,7-5-12)13-8-11(2)9-16-10-13/h8-10,12H,3-7,15H2,1-2H3. The first-order valence-electron chi connectivity index (χ1n) is 6.35. The molecule has 1 aliphatic rings. The van der Waals surface area contributed by atoms with Crippen LogP contribution in [0.5, 0.6) is 0 Å². The third-order valence-electron chi connectivity index (χ3n) is 4.02. The molecule has 0 aliphatic heterocycles. The van der Waals surface area contributed by atoms with Gasteiger partial charge in [-0.15, -0.1) is 0 Å². The van der Waals surface area contributed by atoms with Crippen LogP contribution in [0.3, 0.4) is 0 Å². The van der Waals surface area contributed by atoms with E-state index < -0.39 is 0 Å². The summed E-state index contributed by atoms with van der Waals surface area (Å²) in [4.78, 5) is 4.26. The van der Waals surface area contributed by atoms with E-state index in [9.17, 15) is 0 Å². The van der Waals surface area contributed by atoms with Crippen molar-refractivity contribution < 1.29 is 0 Å². The van der Waals surface area contributed by atoms with Gasteiger partial charge in [-0.3, -0.25) is 4.98 Å². The number of pyridine rings is 1. The second-order valence-electron chi connectivity index (χ2n) is 5.26. The number of rotatable bonds is 2. The Morgan fingerprint density at radius 1 is 1.38 bits per heavy atom. The lowest BCUT2D eigenvalue weighted by atomic mass is 9.73. The van der Waals surface area contributed by atoms with E-state index in [4.69, 9.17) is 5.73 Å². The molecule has 1 saturated carbocycles. The maximum absolute atomic E-state index is 6.53. The molecular weight excluding hydrogens is 196 g/mol. The Hall–Kier alpha value is -0.890. The van der Waals surface area contributed by atoms with Crippen molar-refractivity contribution in [2.45, 2.75) is 51.5 Å². The Kier molecular flexibility index (Phi) is 3.29. The Labute approximate surface area is 98.3 Å². The highest BCUT2D eigenvalue weighted by molar-refractivity contribution is 5.25. The molecule has 0 bridgehead atoms. The molecule has 1 aromatic rings. The Morgan fingerprint density at radius 3 is 2.62 bits per heavy atom. The third-order valence-corrected chi connectivity index (χ3v) is 4.02. The van der Waals surface area contributed by atoms with Gasteiger partial charge in [-0.05, 0) is 49.7 Å². The molecule has 1 aromatic heterocycles. The monoisotopic (exact) mass is 218 g/mol. The van der Waals surface area contributed by atoms with Crippen molar-refractivity contribution in [3.8, 4) is 0 Å². The van der Waals surface area contributed by atoms with Crippen molar-refractivity contribution in [1.29, 1.82) is 0 Å². The van der Waals surface area contributed by atoms with Crippen molar-refractivity contribution in [2.75, 3.05) is 0 Å². The molecule has 0 spiro atoms. The Balaban J connectivity index is 2.15. The van der Waals surface area contributed by atoms with Crippen LogP contribution in [-0.2, 0) is 5.54 Å². The van der Waals surface area contributed by atoms with Crippen molar-refractivity contribution in [1.82, 2.24) is 4.98 Å². The van der Waals surface area contributed by atoms with Crippen molar-refractivity contribution >= 4 is 0 Å². The summed E-state index contributed by atoms with van der Waals surface area (Å²) in [7, 11) is 0. The van der Waals surface area contributed by atoms with E-state index in [1.165, 1.54) is 30.4 Å². The number of aryl methyl sites for hydroxylation is 1. The summed E-state index contributed by atoms with van der Waals surface area (Å²) in [6.07, 6.45) is 9.88. The van der Waals surface area contributed by atoms with Crippen LogP contribution < -0.4 is 5.73 Å². The van der Waals surface area contributed by atoms with Gasteiger partial charge in [0.1, 0.15) is 0 Å². The van der Waals surface area contributed by atoms with E-state index >= 15 is 0 Å². The lowest BCUT2D eigenvalue weighted by molar-refractivity contribution is 0.231. The minimum atomic E-state index is -0.120.